The maximum Gasteiger partial charge on any atom is 0.258 e. The molecule has 3 rings (SSSR count). The standard InChI is InChI=1S/C19H21F2N5OS2/c1-3-7-22-18-17-15(23-10-24-18)11(9-28-17)19(27)25-16-12(20)5-6-13(14(16)21)26-29-8-4-2/h5-6,9-10,26H,3-4,7-8H2,1-2H3,(H,25,27)(H,22,23,24). The van der Waals surface area contributed by atoms with Gasteiger partial charge in [0.25, 0.3) is 5.91 Å². The van der Waals surface area contributed by atoms with Gasteiger partial charge in [0.05, 0.1) is 21.5 Å². The predicted molar refractivity (Wildman–Crippen MR) is 117 cm³/mol. The van der Waals surface area contributed by atoms with Crippen molar-refractivity contribution in [2.24, 2.45) is 0 Å². The minimum atomic E-state index is -0.846. The van der Waals surface area contributed by atoms with Crippen LogP contribution in [0.5, 0.6) is 0 Å². The van der Waals surface area contributed by atoms with Crippen molar-refractivity contribution in [3.05, 3.63) is 41.0 Å². The summed E-state index contributed by atoms with van der Waals surface area (Å²) in [7, 11) is 0. The molecule has 3 aromatic rings. The Morgan fingerprint density at radius 1 is 1.21 bits per heavy atom. The number of anilines is 3. The van der Waals surface area contributed by atoms with Gasteiger partial charge in [-0.05, 0) is 25.0 Å². The maximum absolute atomic E-state index is 14.7. The molecule has 2 aromatic heterocycles. The van der Waals surface area contributed by atoms with E-state index in [-0.39, 0.29) is 11.3 Å². The van der Waals surface area contributed by atoms with Crippen LogP contribution in [-0.2, 0) is 0 Å². The molecule has 154 valence electrons. The van der Waals surface area contributed by atoms with E-state index >= 15 is 0 Å². The van der Waals surface area contributed by atoms with E-state index in [1.807, 2.05) is 13.8 Å². The van der Waals surface area contributed by atoms with Crippen LogP contribution in [0.1, 0.15) is 37.0 Å². The molecule has 0 spiro atoms. The molecular weight excluding hydrogens is 416 g/mol. The molecule has 0 radical (unpaired) electrons. The topological polar surface area (TPSA) is 78.9 Å². The predicted octanol–water partition coefficient (Wildman–Crippen LogP) is 5.51. The Kier molecular flexibility index (Phi) is 7.21. The second-order valence-corrected chi connectivity index (χ2v) is 7.95. The molecule has 2 heterocycles. The van der Waals surface area contributed by atoms with E-state index in [0.29, 0.717) is 11.3 Å². The molecular formula is C19H21F2N5OS2. The van der Waals surface area contributed by atoms with Crippen molar-refractivity contribution in [2.45, 2.75) is 26.7 Å². The zero-order valence-electron chi connectivity index (χ0n) is 16.0. The van der Waals surface area contributed by atoms with E-state index in [0.717, 1.165) is 35.9 Å². The van der Waals surface area contributed by atoms with Gasteiger partial charge in [-0.2, -0.15) is 0 Å². The van der Waals surface area contributed by atoms with Gasteiger partial charge in [0.1, 0.15) is 23.6 Å². The minimum Gasteiger partial charge on any atom is -0.369 e. The number of carbonyl (C=O) groups excluding carboxylic acids is 1. The largest absolute Gasteiger partial charge is 0.369 e. The number of halogens is 2. The van der Waals surface area contributed by atoms with E-state index in [4.69, 9.17) is 0 Å². The van der Waals surface area contributed by atoms with Gasteiger partial charge in [-0.15, -0.1) is 11.3 Å². The first-order valence-electron chi connectivity index (χ1n) is 9.20. The van der Waals surface area contributed by atoms with Crippen LogP contribution in [0.4, 0.5) is 26.0 Å². The fourth-order valence-corrected chi connectivity index (χ4v) is 4.12. The number of carbonyl (C=O) groups is 1. The third-order valence-corrected chi connectivity index (χ3v) is 5.91. The lowest BCUT2D eigenvalue weighted by Gasteiger charge is -2.12. The molecule has 0 unspecified atom stereocenters. The van der Waals surface area contributed by atoms with E-state index < -0.39 is 23.2 Å². The fourth-order valence-electron chi connectivity index (χ4n) is 2.54. The van der Waals surface area contributed by atoms with Crippen molar-refractivity contribution >= 4 is 56.6 Å². The number of nitrogens with zero attached hydrogens (tertiary/aromatic N) is 2. The molecule has 0 aliphatic carbocycles. The highest BCUT2D eigenvalue weighted by atomic mass is 32.2. The van der Waals surface area contributed by atoms with E-state index in [9.17, 15) is 13.6 Å². The molecule has 6 nitrogen and oxygen atoms in total. The summed E-state index contributed by atoms with van der Waals surface area (Å²) in [6.07, 6.45) is 3.19. The summed E-state index contributed by atoms with van der Waals surface area (Å²) in [5, 5.41) is 7.15. The molecule has 0 aliphatic heterocycles. The zero-order chi connectivity index (χ0) is 20.8. The smallest absolute Gasteiger partial charge is 0.258 e. The summed E-state index contributed by atoms with van der Waals surface area (Å²) in [5.74, 6) is -0.916. The number of benzene rings is 1. The number of hydrogen-bond donors (Lipinski definition) is 3. The maximum atomic E-state index is 14.7. The van der Waals surface area contributed by atoms with E-state index in [1.165, 1.54) is 35.7 Å². The summed E-state index contributed by atoms with van der Waals surface area (Å²) >= 11 is 2.62. The molecule has 0 atom stereocenters. The Bertz CT molecular complexity index is 1010. The van der Waals surface area contributed by atoms with Gasteiger partial charge in [-0.25, -0.2) is 18.7 Å². The summed E-state index contributed by atoms with van der Waals surface area (Å²) < 4.78 is 32.5. The molecule has 3 N–H and O–H groups in total. The molecule has 0 bridgehead atoms. The molecule has 10 heteroatoms. The average Bonchev–Trinajstić information content (AvgIpc) is 3.16. The third-order valence-electron chi connectivity index (χ3n) is 3.96. The fraction of sp³-hybridized carbons (Fsp3) is 0.316. The first kappa shape index (κ1) is 21.3. The van der Waals surface area contributed by atoms with Crippen molar-refractivity contribution in [3.8, 4) is 0 Å². The van der Waals surface area contributed by atoms with Crippen molar-refractivity contribution in [1.29, 1.82) is 0 Å². The first-order chi connectivity index (χ1) is 14.1. The van der Waals surface area contributed by atoms with Crippen LogP contribution in [0.2, 0.25) is 0 Å². The molecule has 29 heavy (non-hydrogen) atoms. The van der Waals surface area contributed by atoms with Gasteiger partial charge in [-0.1, -0.05) is 25.8 Å². The molecule has 1 aromatic carbocycles. The number of aromatic nitrogens is 2. The lowest BCUT2D eigenvalue weighted by Crippen LogP contribution is -2.15. The van der Waals surface area contributed by atoms with Crippen LogP contribution >= 0.6 is 23.3 Å². The van der Waals surface area contributed by atoms with Crippen molar-refractivity contribution < 1.29 is 13.6 Å². The Morgan fingerprint density at radius 2 is 2.03 bits per heavy atom. The number of amides is 1. The lowest BCUT2D eigenvalue weighted by atomic mass is 10.2. The van der Waals surface area contributed by atoms with Crippen molar-refractivity contribution in [3.63, 3.8) is 0 Å². The van der Waals surface area contributed by atoms with Gasteiger partial charge in [0, 0.05) is 17.7 Å². The Hall–Kier alpha value is -2.46. The van der Waals surface area contributed by atoms with Crippen LogP contribution in [0.25, 0.3) is 10.2 Å². The van der Waals surface area contributed by atoms with Crippen LogP contribution in [-0.4, -0.2) is 28.2 Å². The normalized spacial score (nSPS) is 10.9. The number of hydrogen-bond acceptors (Lipinski definition) is 7. The quantitative estimate of drug-likeness (QED) is 0.302. The minimum absolute atomic E-state index is 0.115. The van der Waals surface area contributed by atoms with Crippen LogP contribution in [0.3, 0.4) is 0 Å². The Balaban J connectivity index is 1.86. The molecule has 0 aliphatic rings. The van der Waals surface area contributed by atoms with Gasteiger partial charge in [0.15, 0.2) is 5.82 Å². The molecule has 0 saturated carbocycles. The van der Waals surface area contributed by atoms with Crippen molar-refractivity contribution in [1.82, 2.24) is 9.97 Å². The summed E-state index contributed by atoms with van der Waals surface area (Å²) in [6.45, 7) is 4.77. The highest BCUT2D eigenvalue weighted by Crippen LogP contribution is 2.32. The average molecular weight is 438 g/mol. The second kappa shape index (κ2) is 9.84. The molecule has 0 saturated heterocycles. The van der Waals surface area contributed by atoms with E-state index in [1.54, 1.807) is 5.38 Å². The number of thiophene rings is 1. The summed E-state index contributed by atoms with van der Waals surface area (Å²) in [4.78, 5) is 21.1. The Labute approximate surface area is 175 Å². The molecule has 1 amide bonds. The summed E-state index contributed by atoms with van der Waals surface area (Å²) in [5.41, 5.74) is 0.303. The van der Waals surface area contributed by atoms with Gasteiger partial charge >= 0.3 is 0 Å². The number of nitrogens with one attached hydrogen (secondary N) is 3. The Morgan fingerprint density at radius 3 is 2.79 bits per heavy atom. The first-order valence-corrected chi connectivity index (χ1v) is 11.1. The monoisotopic (exact) mass is 437 g/mol. The second-order valence-electron chi connectivity index (χ2n) is 6.16. The van der Waals surface area contributed by atoms with Crippen LogP contribution in [0, 0.1) is 11.6 Å². The number of fused-ring (bicyclic) bond motifs is 1. The van der Waals surface area contributed by atoms with Gasteiger partial charge in [-0.3, -0.25) is 4.79 Å². The van der Waals surface area contributed by atoms with Gasteiger partial charge in [0.2, 0.25) is 0 Å². The lowest BCUT2D eigenvalue weighted by molar-refractivity contribution is 0.102. The van der Waals surface area contributed by atoms with Crippen LogP contribution < -0.4 is 15.4 Å². The zero-order valence-corrected chi connectivity index (χ0v) is 17.6. The van der Waals surface area contributed by atoms with Crippen LogP contribution in [0.15, 0.2) is 23.8 Å². The third kappa shape index (κ3) is 4.76. The van der Waals surface area contributed by atoms with Crippen molar-refractivity contribution in [2.75, 3.05) is 27.7 Å². The molecule has 0 fully saturated rings. The SMILES string of the molecule is CCCNc1ncnc2c(C(=O)Nc3c(F)ccc(NSCCC)c3F)csc12. The summed E-state index contributed by atoms with van der Waals surface area (Å²) in [6, 6.07) is 2.43. The highest BCUT2D eigenvalue weighted by Gasteiger charge is 2.21. The number of rotatable bonds is 9. The van der Waals surface area contributed by atoms with Gasteiger partial charge < -0.3 is 15.4 Å². The highest BCUT2D eigenvalue weighted by molar-refractivity contribution is 8.00. The van der Waals surface area contributed by atoms with E-state index in [2.05, 4.69) is 25.3 Å².